The Bertz CT molecular complexity index is 1410. The van der Waals surface area contributed by atoms with E-state index >= 15 is 0 Å². The zero-order chi connectivity index (χ0) is 24.9. The number of aromatic nitrogens is 4. The summed E-state index contributed by atoms with van der Waals surface area (Å²) >= 11 is 0. The SMILES string of the molecule is Cc1noc(C)c1-c1cnc2c(c1)nc(C1CCCC(=O)N1c1ccc(F)c(F)c1)n2CC(C)C. The highest BCUT2D eigenvalue weighted by atomic mass is 19.2. The molecule has 7 nitrogen and oxygen atoms in total. The molecule has 1 unspecified atom stereocenters. The van der Waals surface area contributed by atoms with Gasteiger partial charge in [-0.15, -0.1) is 0 Å². The summed E-state index contributed by atoms with van der Waals surface area (Å²) in [5.74, 6) is -0.382. The van der Waals surface area contributed by atoms with E-state index in [2.05, 4.69) is 19.0 Å². The highest BCUT2D eigenvalue weighted by Crippen LogP contribution is 2.38. The molecule has 1 amide bonds. The Morgan fingerprint density at radius 3 is 2.66 bits per heavy atom. The van der Waals surface area contributed by atoms with Gasteiger partial charge in [0, 0.05) is 42.0 Å². The Balaban J connectivity index is 1.66. The van der Waals surface area contributed by atoms with Gasteiger partial charge in [-0.25, -0.2) is 18.7 Å². The maximum Gasteiger partial charge on any atom is 0.227 e. The van der Waals surface area contributed by atoms with Gasteiger partial charge < -0.3 is 14.0 Å². The van der Waals surface area contributed by atoms with Gasteiger partial charge in [0.1, 0.15) is 17.1 Å². The van der Waals surface area contributed by atoms with Crippen LogP contribution in [0.25, 0.3) is 22.3 Å². The predicted octanol–water partition coefficient (Wildman–Crippen LogP) is 5.90. The van der Waals surface area contributed by atoms with E-state index < -0.39 is 17.7 Å². The van der Waals surface area contributed by atoms with E-state index in [9.17, 15) is 13.6 Å². The zero-order valence-electron chi connectivity index (χ0n) is 20.2. The molecule has 1 aliphatic rings. The lowest BCUT2D eigenvalue weighted by Crippen LogP contribution is -2.39. The van der Waals surface area contributed by atoms with Crippen LogP contribution in [0.4, 0.5) is 14.5 Å². The molecule has 0 aliphatic carbocycles. The molecule has 0 saturated carbocycles. The summed E-state index contributed by atoms with van der Waals surface area (Å²) in [6.45, 7) is 8.60. The average Bonchev–Trinajstić information content (AvgIpc) is 3.34. The first-order valence-corrected chi connectivity index (χ1v) is 11.8. The molecule has 1 fully saturated rings. The highest BCUT2D eigenvalue weighted by molar-refractivity contribution is 5.95. The Hall–Kier alpha value is -3.62. The van der Waals surface area contributed by atoms with Crippen LogP contribution in [0.5, 0.6) is 0 Å². The number of rotatable bonds is 5. The van der Waals surface area contributed by atoms with Crippen molar-refractivity contribution in [2.45, 2.75) is 59.5 Å². The minimum atomic E-state index is -0.985. The monoisotopic (exact) mass is 479 g/mol. The topological polar surface area (TPSA) is 77.0 Å². The molecule has 1 aliphatic heterocycles. The molecular formula is C26H27F2N5O2. The van der Waals surface area contributed by atoms with Crippen LogP contribution in [0, 0.1) is 31.4 Å². The number of carbonyl (C=O) groups excluding carboxylic acids is 1. The van der Waals surface area contributed by atoms with E-state index in [0.717, 1.165) is 29.0 Å². The van der Waals surface area contributed by atoms with Gasteiger partial charge in [0.2, 0.25) is 5.91 Å². The van der Waals surface area contributed by atoms with Crippen molar-refractivity contribution in [3.63, 3.8) is 0 Å². The Morgan fingerprint density at radius 1 is 1.17 bits per heavy atom. The van der Waals surface area contributed by atoms with E-state index in [4.69, 9.17) is 14.5 Å². The van der Waals surface area contributed by atoms with Crippen molar-refractivity contribution in [3.8, 4) is 11.1 Å². The van der Waals surface area contributed by atoms with Crippen molar-refractivity contribution in [2.24, 2.45) is 5.92 Å². The van der Waals surface area contributed by atoms with Gasteiger partial charge in [-0.3, -0.25) is 4.79 Å². The quantitative estimate of drug-likeness (QED) is 0.356. The van der Waals surface area contributed by atoms with Crippen LogP contribution in [0.15, 0.2) is 35.0 Å². The summed E-state index contributed by atoms with van der Waals surface area (Å²) in [5.41, 5.74) is 4.25. The van der Waals surface area contributed by atoms with Crippen LogP contribution in [-0.4, -0.2) is 25.6 Å². The van der Waals surface area contributed by atoms with Gasteiger partial charge in [0.15, 0.2) is 17.3 Å². The fourth-order valence-corrected chi connectivity index (χ4v) is 4.93. The molecule has 0 bridgehead atoms. The second-order valence-corrected chi connectivity index (χ2v) is 9.51. The highest BCUT2D eigenvalue weighted by Gasteiger charge is 2.35. The number of anilines is 1. The average molecular weight is 480 g/mol. The van der Waals surface area contributed by atoms with E-state index in [-0.39, 0.29) is 5.91 Å². The molecule has 9 heteroatoms. The smallest absolute Gasteiger partial charge is 0.227 e. The van der Waals surface area contributed by atoms with Crippen LogP contribution in [0.1, 0.15) is 56.4 Å². The van der Waals surface area contributed by atoms with Crippen LogP contribution in [0.2, 0.25) is 0 Å². The third-order valence-electron chi connectivity index (χ3n) is 6.41. The number of aryl methyl sites for hydroxylation is 2. The molecular weight excluding hydrogens is 452 g/mol. The molecule has 3 aromatic heterocycles. The fourth-order valence-electron chi connectivity index (χ4n) is 4.93. The number of halogens is 2. The van der Waals surface area contributed by atoms with Gasteiger partial charge in [-0.1, -0.05) is 19.0 Å². The largest absolute Gasteiger partial charge is 0.361 e. The molecule has 0 N–H and O–H groups in total. The second kappa shape index (κ2) is 8.87. The molecule has 35 heavy (non-hydrogen) atoms. The predicted molar refractivity (Wildman–Crippen MR) is 128 cm³/mol. The van der Waals surface area contributed by atoms with E-state index in [0.29, 0.717) is 60.2 Å². The molecule has 1 atom stereocenters. The second-order valence-electron chi connectivity index (χ2n) is 9.51. The number of hydrogen-bond donors (Lipinski definition) is 0. The number of imidazole rings is 1. The molecule has 0 radical (unpaired) electrons. The maximum atomic E-state index is 14.1. The van der Waals surface area contributed by atoms with Crippen LogP contribution < -0.4 is 4.90 Å². The number of pyridine rings is 1. The van der Waals surface area contributed by atoms with E-state index in [1.807, 2.05) is 24.5 Å². The van der Waals surface area contributed by atoms with Gasteiger partial charge in [0.25, 0.3) is 0 Å². The van der Waals surface area contributed by atoms with Gasteiger partial charge >= 0.3 is 0 Å². The first-order valence-electron chi connectivity index (χ1n) is 11.8. The molecule has 4 aromatic rings. The maximum absolute atomic E-state index is 14.1. The lowest BCUT2D eigenvalue weighted by Gasteiger charge is -2.35. The number of amides is 1. The standard InChI is InChI=1S/C26H27F2N5O2/c1-14(2)13-32-25-21(10-17(12-29-25)24-15(3)31-35-16(24)4)30-26(32)22-6-5-7-23(34)33(22)18-8-9-19(27)20(28)11-18/h8-12,14,22H,5-7,13H2,1-4H3. The van der Waals surface area contributed by atoms with E-state index in [1.165, 1.54) is 6.07 Å². The lowest BCUT2D eigenvalue weighted by molar-refractivity contribution is -0.120. The molecule has 1 saturated heterocycles. The van der Waals surface area contributed by atoms with Crippen LogP contribution in [0.3, 0.4) is 0 Å². The number of carbonyl (C=O) groups is 1. The first kappa shape index (κ1) is 23.1. The van der Waals surface area contributed by atoms with Crippen molar-refractivity contribution < 1.29 is 18.1 Å². The molecule has 182 valence electrons. The minimum Gasteiger partial charge on any atom is -0.361 e. The van der Waals surface area contributed by atoms with Gasteiger partial charge in [0.05, 0.1) is 11.7 Å². The molecule has 0 spiro atoms. The molecule has 1 aromatic carbocycles. The Morgan fingerprint density at radius 2 is 1.97 bits per heavy atom. The lowest BCUT2D eigenvalue weighted by atomic mass is 9.99. The zero-order valence-corrected chi connectivity index (χ0v) is 20.2. The van der Waals surface area contributed by atoms with Crippen LogP contribution >= 0.6 is 0 Å². The third-order valence-corrected chi connectivity index (χ3v) is 6.41. The summed E-state index contributed by atoms with van der Waals surface area (Å²) in [6, 6.07) is 5.11. The third kappa shape index (κ3) is 4.09. The van der Waals surface area contributed by atoms with Crippen LogP contribution in [-0.2, 0) is 11.3 Å². The van der Waals surface area contributed by atoms with Crippen molar-refractivity contribution in [1.29, 1.82) is 0 Å². The van der Waals surface area contributed by atoms with Gasteiger partial charge in [-0.2, -0.15) is 0 Å². The van der Waals surface area contributed by atoms with Crippen molar-refractivity contribution >= 4 is 22.8 Å². The number of hydrogen-bond acceptors (Lipinski definition) is 5. The summed E-state index contributed by atoms with van der Waals surface area (Å²) in [4.78, 5) is 24.3. The summed E-state index contributed by atoms with van der Waals surface area (Å²) in [7, 11) is 0. The normalized spacial score (nSPS) is 16.6. The number of piperidine rings is 1. The van der Waals surface area contributed by atoms with Crippen molar-refractivity contribution in [3.05, 3.63) is 59.4 Å². The van der Waals surface area contributed by atoms with Gasteiger partial charge in [-0.05, 0) is 50.8 Å². The molecule has 4 heterocycles. The number of fused-ring (bicyclic) bond motifs is 1. The number of nitrogens with zero attached hydrogens (tertiary/aromatic N) is 5. The fraction of sp³-hybridized carbons (Fsp3) is 0.385. The number of benzene rings is 1. The first-order chi connectivity index (χ1) is 16.7. The van der Waals surface area contributed by atoms with E-state index in [1.54, 1.807) is 11.1 Å². The van der Waals surface area contributed by atoms with Crippen molar-refractivity contribution in [1.82, 2.24) is 19.7 Å². The molecule has 5 rings (SSSR count). The summed E-state index contributed by atoms with van der Waals surface area (Å²) in [5, 5.41) is 4.04. The Kier molecular flexibility index (Phi) is 5.86. The summed E-state index contributed by atoms with van der Waals surface area (Å²) < 4.78 is 35.1. The minimum absolute atomic E-state index is 0.139. The van der Waals surface area contributed by atoms with Crippen molar-refractivity contribution in [2.75, 3.05) is 4.90 Å². The Labute approximate surface area is 201 Å². The summed E-state index contributed by atoms with van der Waals surface area (Å²) in [6.07, 6.45) is 3.47.